The van der Waals surface area contributed by atoms with Crippen molar-refractivity contribution in [1.82, 2.24) is 9.88 Å². The van der Waals surface area contributed by atoms with E-state index < -0.39 is 0 Å². The Hall–Kier alpha value is -1.47. The Morgan fingerprint density at radius 1 is 1.18 bits per heavy atom. The molecule has 0 atom stereocenters. The summed E-state index contributed by atoms with van der Waals surface area (Å²) in [6.45, 7) is 3.23. The monoisotopic (exact) mass is 445 g/mol. The molecule has 0 fully saturated rings. The van der Waals surface area contributed by atoms with Crippen LogP contribution in [0.1, 0.15) is 22.7 Å². The van der Waals surface area contributed by atoms with E-state index in [4.69, 9.17) is 14.5 Å². The Morgan fingerprint density at radius 3 is 2.64 bits per heavy atom. The molecule has 0 N–H and O–H groups in total. The smallest absolute Gasteiger partial charge is 0.167 e. The number of thiazole rings is 1. The van der Waals surface area contributed by atoms with E-state index in [0.717, 1.165) is 48.1 Å². The third kappa shape index (κ3) is 5.77. The number of aromatic nitrogens is 1. The van der Waals surface area contributed by atoms with Crippen LogP contribution in [0.3, 0.4) is 0 Å². The maximum Gasteiger partial charge on any atom is 0.167 e. The molecule has 3 rings (SSSR count). The minimum atomic E-state index is 0. The van der Waals surface area contributed by atoms with Crippen LogP contribution >= 0.6 is 36.2 Å². The molecule has 5 nitrogen and oxygen atoms in total. The van der Waals surface area contributed by atoms with Crippen LogP contribution < -0.4 is 14.4 Å². The summed E-state index contributed by atoms with van der Waals surface area (Å²) in [5.74, 6) is 1.49. The molecule has 0 spiro atoms. The molecular formula is C20H29Cl2N3O2S. The fraction of sp³-hybridized carbons (Fsp3) is 0.450. The van der Waals surface area contributed by atoms with E-state index in [-0.39, 0.29) is 24.8 Å². The summed E-state index contributed by atoms with van der Waals surface area (Å²) in [5, 5.41) is 2.37. The lowest BCUT2D eigenvalue weighted by Gasteiger charge is -2.28. The molecule has 0 saturated carbocycles. The van der Waals surface area contributed by atoms with E-state index in [2.05, 4.69) is 36.0 Å². The largest absolute Gasteiger partial charge is 0.493 e. The zero-order chi connectivity index (χ0) is 18.5. The van der Waals surface area contributed by atoms with Gasteiger partial charge in [-0.2, -0.15) is 0 Å². The highest BCUT2D eigenvalue weighted by Gasteiger charge is 2.21. The molecule has 1 aliphatic heterocycles. The highest BCUT2D eigenvalue weighted by molar-refractivity contribution is 7.16. The standard InChI is InChI=1S/C20H27N3O2S.2ClH/c1-22(2)13-14-23-12-6-8-16-20(23)26-18(21-16)11-10-15-7-5-9-17(24-3)19(15)25-4;;/h5,7,9-11H,6,8,12-14H2,1-4H3;2*1H. The van der Waals surface area contributed by atoms with Gasteiger partial charge in [0.2, 0.25) is 0 Å². The van der Waals surface area contributed by atoms with Gasteiger partial charge in [-0.15, -0.1) is 24.8 Å². The number of nitrogens with zero attached hydrogens (tertiary/aromatic N) is 3. The number of aryl methyl sites for hydroxylation is 1. The molecule has 156 valence electrons. The summed E-state index contributed by atoms with van der Waals surface area (Å²) < 4.78 is 10.9. The topological polar surface area (TPSA) is 37.8 Å². The maximum absolute atomic E-state index is 5.50. The quantitative estimate of drug-likeness (QED) is 0.627. The van der Waals surface area contributed by atoms with Gasteiger partial charge in [0.05, 0.1) is 19.9 Å². The van der Waals surface area contributed by atoms with Crippen LogP contribution in [-0.4, -0.2) is 57.8 Å². The van der Waals surface area contributed by atoms with Gasteiger partial charge in [-0.05, 0) is 45.2 Å². The van der Waals surface area contributed by atoms with Crippen molar-refractivity contribution >= 4 is 53.3 Å². The summed E-state index contributed by atoms with van der Waals surface area (Å²) >= 11 is 1.78. The molecule has 2 aromatic rings. The van der Waals surface area contributed by atoms with E-state index >= 15 is 0 Å². The van der Waals surface area contributed by atoms with E-state index in [0.29, 0.717) is 0 Å². The van der Waals surface area contributed by atoms with Crippen molar-refractivity contribution < 1.29 is 9.47 Å². The number of hydrogen-bond donors (Lipinski definition) is 0. The SMILES string of the molecule is COc1cccc(C=Cc2nc3c(s2)N(CCN(C)C)CCC3)c1OC.Cl.Cl. The van der Waals surface area contributed by atoms with Crippen molar-refractivity contribution in [2.45, 2.75) is 12.8 Å². The van der Waals surface area contributed by atoms with Crippen molar-refractivity contribution in [3.63, 3.8) is 0 Å². The Kier molecular flexibility index (Phi) is 10.1. The number of benzene rings is 1. The first-order valence-corrected chi connectivity index (χ1v) is 9.72. The molecule has 1 aliphatic rings. The molecule has 1 aromatic heterocycles. The van der Waals surface area contributed by atoms with Gasteiger partial charge in [-0.3, -0.25) is 0 Å². The summed E-state index contributed by atoms with van der Waals surface area (Å²) in [4.78, 5) is 9.55. The van der Waals surface area contributed by atoms with Crippen LogP contribution in [0.2, 0.25) is 0 Å². The normalized spacial score (nSPS) is 13.1. The van der Waals surface area contributed by atoms with Crippen LogP contribution in [0.4, 0.5) is 5.00 Å². The first-order chi connectivity index (χ1) is 12.6. The predicted octanol–water partition coefficient (Wildman–Crippen LogP) is 4.49. The highest BCUT2D eigenvalue weighted by Crippen LogP contribution is 2.35. The van der Waals surface area contributed by atoms with E-state index in [1.165, 1.54) is 17.1 Å². The molecule has 0 saturated heterocycles. The molecule has 2 heterocycles. The van der Waals surface area contributed by atoms with Crippen molar-refractivity contribution in [2.24, 2.45) is 0 Å². The van der Waals surface area contributed by atoms with E-state index in [1.807, 2.05) is 18.2 Å². The average Bonchev–Trinajstić information content (AvgIpc) is 3.07. The van der Waals surface area contributed by atoms with Crippen LogP contribution in [0.25, 0.3) is 12.2 Å². The van der Waals surface area contributed by atoms with Gasteiger partial charge in [0, 0.05) is 25.2 Å². The Labute approximate surface area is 184 Å². The van der Waals surface area contributed by atoms with Gasteiger partial charge in [0.1, 0.15) is 10.0 Å². The fourth-order valence-electron chi connectivity index (χ4n) is 3.12. The number of hydrogen-bond acceptors (Lipinski definition) is 6. The number of likely N-dealkylation sites (N-methyl/N-ethyl adjacent to an activating group) is 1. The summed E-state index contributed by atoms with van der Waals surface area (Å²) in [7, 11) is 7.56. The third-order valence-electron chi connectivity index (χ3n) is 4.48. The van der Waals surface area contributed by atoms with Crippen molar-refractivity contribution in [3.05, 3.63) is 34.5 Å². The summed E-state index contributed by atoms with van der Waals surface area (Å²) in [6, 6.07) is 5.90. The van der Waals surface area contributed by atoms with Crippen LogP contribution in [0.15, 0.2) is 18.2 Å². The molecule has 28 heavy (non-hydrogen) atoms. The van der Waals surface area contributed by atoms with Crippen LogP contribution in [-0.2, 0) is 6.42 Å². The molecule has 0 unspecified atom stereocenters. The minimum Gasteiger partial charge on any atom is -0.493 e. The first kappa shape index (κ1) is 24.6. The lowest BCUT2D eigenvalue weighted by atomic mass is 10.1. The van der Waals surface area contributed by atoms with Gasteiger partial charge in [0.25, 0.3) is 0 Å². The average molecular weight is 446 g/mol. The highest BCUT2D eigenvalue weighted by atomic mass is 35.5. The minimum absolute atomic E-state index is 0. The van der Waals surface area contributed by atoms with Crippen LogP contribution in [0, 0.1) is 0 Å². The van der Waals surface area contributed by atoms with Gasteiger partial charge in [-0.1, -0.05) is 23.5 Å². The Morgan fingerprint density at radius 2 is 1.96 bits per heavy atom. The maximum atomic E-state index is 5.50. The number of fused-ring (bicyclic) bond motifs is 1. The van der Waals surface area contributed by atoms with Gasteiger partial charge < -0.3 is 19.3 Å². The van der Waals surface area contributed by atoms with Crippen molar-refractivity contribution in [3.8, 4) is 11.5 Å². The Balaban J connectivity index is 0.00000196. The van der Waals surface area contributed by atoms with Crippen molar-refractivity contribution in [2.75, 3.05) is 52.8 Å². The van der Waals surface area contributed by atoms with Gasteiger partial charge >= 0.3 is 0 Å². The first-order valence-electron chi connectivity index (χ1n) is 8.91. The molecule has 0 radical (unpaired) electrons. The van der Waals surface area contributed by atoms with E-state index in [1.54, 1.807) is 25.6 Å². The summed E-state index contributed by atoms with van der Waals surface area (Å²) in [5.41, 5.74) is 2.22. The Bertz CT molecular complexity index is 781. The zero-order valence-corrected chi connectivity index (χ0v) is 19.3. The number of para-hydroxylation sites is 1. The predicted molar refractivity (Wildman–Crippen MR) is 124 cm³/mol. The number of halogens is 2. The lowest BCUT2D eigenvalue weighted by Crippen LogP contribution is -2.34. The van der Waals surface area contributed by atoms with Gasteiger partial charge in [0.15, 0.2) is 11.5 Å². The zero-order valence-electron chi connectivity index (χ0n) is 16.8. The molecule has 0 amide bonds. The molecular weight excluding hydrogens is 417 g/mol. The van der Waals surface area contributed by atoms with Gasteiger partial charge in [-0.25, -0.2) is 4.98 Å². The van der Waals surface area contributed by atoms with E-state index in [9.17, 15) is 0 Å². The molecule has 0 bridgehead atoms. The molecule has 0 aliphatic carbocycles. The number of anilines is 1. The molecule has 1 aromatic carbocycles. The number of methoxy groups -OCH3 is 2. The second-order valence-corrected chi connectivity index (χ2v) is 7.62. The van der Waals surface area contributed by atoms with Crippen molar-refractivity contribution in [1.29, 1.82) is 0 Å². The molecule has 8 heteroatoms. The van der Waals surface area contributed by atoms with Crippen LogP contribution in [0.5, 0.6) is 11.5 Å². The number of ether oxygens (including phenoxy) is 2. The fourth-order valence-corrected chi connectivity index (χ4v) is 4.19. The summed E-state index contributed by atoms with van der Waals surface area (Å²) in [6.07, 6.45) is 6.37. The second kappa shape index (κ2) is 11.5. The number of rotatable bonds is 7. The third-order valence-corrected chi connectivity index (χ3v) is 5.60. The second-order valence-electron chi connectivity index (χ2n) is 6.61. The lowest BCUT2D eigenvalue weighted by molar-refractivity contribution is 0.354.